The van der Waals surface area contributed by atoms with Crippen molar-refractivity contribution in [2.24, 2.45) is 5.92 Å². The number of nitrogens with zero attached hydrogens (tertiary/aromatic N) is 2. The smallest absolute Gasteiger partial charge is 0.254 e. The number of amides is 1. The van der Waals surface area contributed by atoms with Crippen molar-refractivity contribution in [3.63, 3.8) is 0 Å². The van der Waals surface area contributed by atoms with Crippen molar-refractivity contribution < 1.29 is 22.3 Å². The largest absolute Gasteiger partial charge is 0.493 e. The van der Waals surface area contributed by atoms with Gasteiger partial charge in [0.15, 0.2) is 0 Å². The molecule has 0 aliphatic carbocycles. The van der Waals surface area contributed by atoms with Crippen LogP contribution < -0.4 is 4.74 Å². The van der Waals surface area contributed by atoms with E-state index in [9.17, 15) is 17.6 Å². The lowest BCUT2D eigenvalue weighted by Gasteiger charge is -2.22. The molecule has 0 spiro atoms. The van der Waals surface area contributed by atoms with Gasteiger partial charge in [-0.1, -0.05) is 19.9 Å². The molecular formula is C22H27FN2O4S. The zero-order chi connectivity index (χ0) is 21.7. The van der Waals surface area contributed by atoms with Crippen LogP contribution in [0.5, 0.6) is 5.75 Å². The molecule has 0 bridgehead atoms. The molecule has 30 heavy (non-hydrogen) atoms. The molecule has 1 aliphatic rings. The molecule has 1 fully saturated rings. The van der Waals surface area contributed by atoms with E-state index >= 15 is 0 Å². The Bertz CT molecular complexity index is 977. The van der Waals surface area contributed by atoms with E-state index in [2.05, 4.69) is 13.8 Å². The maximum atomic E-state index is 13.1. The third kappa shape index (κ3) is 5.37. The lowest BCUT2D eigenvalue weighted by molar-refractivity contribution is 0.0763. The van der Waals surface area contributed by atoms with Crippen molar-refractivity contribution in [2.75, 3.05) is 32.8 Å². The standard InChI is InChI=1S/C22H27FN2O4S/c1-17(2)16-29-20-6-3-5-18(15-20)22(26)24-11-4-12-25(14-13-24)30(27,28)21-9-7-19(23)8-10-21/h3,5-10,15,17H,4,11-14,16H2,1-2H3. The van der Waals surface area contributed by atoms with Crippen molar-refractivity contribution >= 4 is 15.9 Å². The summed E-state index contributed by atoms with van der Waals surface area (Å²) in [6.07, 6.45) is 0.524. The summed E-state index contributed by atoms with van der Waals surface area (Å²) in [6, 6.07) is 11.9. The van der Waals surface area contributed by atoms with E-state index < -0.39 is 15.8 Å². The molecule has 1 aliphatic heterocycles. The molecule has 0 aromatic heterocycles. The number of hydrogen-bond acceptors (Lipinski definition) is 4. The first-order valence-electron chi connectivity index (χ1n) is 10.1. The minimum atomic E-state index is -3.73. The Balaban J connectivity index is 1.68. The Morgan fingerprint density at radius 2 is 1.80 bits per heavy atom. The molecule has 0 N–H and O–H groups in total. The predicted octanol–water partition coefficient (Wildman–Crippen LogP) is 3.40. The van der Waals surface area contributed by atoms with Gasteiger partial charge in [0, 0.05) is 31.7 Å². The molecule has 1 saturated heterocycles. The van der Waals surface area contributed by atoms with Gasteiger partial charge in [-0.15, -0.1) is 0 Å². The number of rotatable bonds is 6. The van der Waals surface area contributed by atoms with Gasteiger partial charge in [0.2, 0.25) is 10.0 Å². The minimum absolute atomic E-state index is 0.0543. The van der Waals surface area contributed by atoms with Gasteiger partial charge in [-0.3, -0.25) is 4.79 Å². The fourth-order valence-electron chi connectivity index (χ4n) is 3.26. The second-order valence-corrected chi connectivity index (χ2v) is 9.67. The van der Waals surface area contributed by atoms with Crippen LogP contribution in [0.2, 0.25) is 0 Å². The summed E-state index contributed by atoms with van der Waals surface area (Å²) in [4.78, 5) is 14.7. The first-order valence-corrected chi connectivity index (χ1v) is 11.5. The fourth-order valence-corrected chi connectivity index (χ4v) is 4.73. The molecule has 0 atom stereocenters. The van der Waals surface area contributed by atoms with E-state index in [1.165, 1.54) is 16.4 Å². The molecule has 3 rings (SSSR count). The number of carbonyl (C=O) groups excluding carboxylic acids is 1. The van der Waals surface area contributed by atoms with Gasteiger partial charge in [0.25, 0.3) is 5.91 Å². The van der Waals surface area contributed by atoms with E-state index in [0.717, 1.165) is 12.1 Å². The van der Waals surface area contributed by atoms with Gasteiger partial charge in [0.1, 0.15) is 11.6 Å². The number of carbonyl (C=O) groups is 1. The topological polar surface area (TPSA) is 66.9 Å². The Morgan fingerprint density at radius 1 is 1.07 bits per heavy atom. The van der Waals surface area contributed by atoms with Gasteiger partial charge in [-0.2, -0.15) is 4.31 Å². The van der Waals surface area contributed by atoms with E-state index in [4.69, 9.17) is 4.74 Å². The summed E-state index contributed by atoms with van der Waals surface area (Å²) in [5.74, 6) is 0.390. The zero-order valence-electron chi connectivity index (χ0n) is 17.3. The van der Waals surface area contributed by atoms with Crippen molar-refractivity contribution in [1.82, 2.24) is 9.21 Å². The number of halogens is 1. The molecule has 8 heteroatoms. The first-order chi connectivity index (χ1) is 14.3. The van der Waals surface area contributed by atoms with Crippen LogP contribution in [0.1, 0.15) is 30.6 Å². The average molecular weight is 435 g/mol. The zero-order valence-corrected chi connectivity index (χ0v) is 18.1. The van der Waals surface area contributed by atoms with Crippen LogP contribution in [0.4, 0.5) is 4.39 Å². The van der Waals surface area contributed by atoms with Gasteiger partial charge in [0.05, 0.1) is 11.5 Å². The third-order valence-corrected chi connectivity index (χ3v) is 6.77. The molecule has 0 radical (unpaired) electrons. The minimum Gasteiger partial charge on any atom is -0.493 e. The average Bonchev–Trinajstić information content (AvgIpc) is 2.99. The van der Waals surface area contributed by atoms with Crippen LogP contribution in [0, 0.1) is 11.7 Å². The highest BCUT2D eigenvalue weighted by molar-refractivity contribution is 7.89. The summed E-state index contributed by atoms with van der Waals surface area (Å²) in [5, 5.41) is 0. The summed E-state index contributed by atoms with van der Waals surface area (Å²) in [5.41, 5.74) is 0.520. The van der Waals surface area contributed by atoms with Crippen molar-refractivity contribution in [3.05, 3.63) is 59.9 Å². The second kappa shape index (κ2) is 9.57. The predicted molar refractivity (Wildman–Crippen MR) is 112 cm³/mol. The molecule has 162 valence electrons. The van der Waals surface area contributed by atoms with Crippen molar-refractivity contribution in [3.8, 4) is 5.75 Å². The van der Waals surface area contributed by atoms with Crippen LogP contribution in [-0.4, -0.2) is 56.3 Å². The summed E-state index contributed by atoms with van der Waals surface area (Å²) >= 11 is 0. The molecule has 1 heterocycles. The molecule has 6 nitrogen and oxygen atoms in total. The van der Waals surface area contributed by atoms with Gasteiger partial charge >= 0.3 is 0 Å². The molecule has 2 aromatic rings. The SMILES string of the molecule is CC(C)COc1cccc(C(=O)N2CCCN(S(=O)(=O)c3ccc(F)cc3)CC2)c1. The van der Waals surface area contributed by atoms with Crippen LogP contribution in [0.25, 0.3) is 0 Å². The number of ether oxygens (including phenoxy) is 1. The Morgan fingerprint density at radius 3 is 2.50 bits per heavy atom. The molecule has 1 amide bonds. The van der Waals surface area contributed by atoms with E-state index in [1.807, 2.05) is 6.07 Å². The van der Waals surface area contributed by atoms with E-state index in [0.29, 0.717) is 43.3 Å². The van der Waals surface area contributed by atoms with E-state index in [-0.39, 0.29) is 23.9 Å². The lowest BCUT2D eigenvalue weighted by Crippen LogP contribution is -2.37. The number of sulfonamides is 1. The highest BCUT2D eigenvalue weighted by Gasteiger charge is 2.28. The van der Waals surface area contributed by atoms with Crippen LogP contribution in [0.15, 0.2) is 53.4 Å². The maximum absolute atomic E-state index is 13.1. The van der Waals surface area contributed by atoms with Crippen LogP contribution in [0.3, 0.4) is 0 Å². The normalized spacial score (nSPS) is 15.8. The van der Waals surface area contributed by atoms with Gasteiger partial charge in [-0.25, -0.2) is 12.8 Å². The van der Waals surface area contributed by atoms with Gasteiger partial charge < -0.3 is 9.64 Å². The second-order valence-electron chi connectivity index (χ2n) is 7.74. The Kier molecular flexibility index (Phi) is 7.10. The Labute approximate surface area is 177 Å². The lowest BCUT2D eigenvalue weighted by atomic mass is 10.2. The molecule has 0 saturated carbocycles. The van der Waals surface area contributed by atoms with Gasteiger partial charge in [-0.05, 0) is 54.8 Å². The summed E-state index contributed by atoms with van der Waals surface area (Å²) in [7, 11) is -3.73. The van der Waals surface area contributed by atoms with E-state index in [1.54, 1.807) is 23.1 Å². The highest BCUT2D eigenvalue weighted by Crippen LogP contribution is 2.20. The summed E-state index contributed by atoms with van der Waals surface area (Å²) in [6.45, 7) is 5.92. The third-order valence-electron chi connectivity index (χ3n) is 4.86. The maximum Gasteiger partial charge on any atom is 0.254 e. The van der Waals surface area contributed by atoms with Crippen LogP contribution in [-0.2, 0) is 10.0 Å². The number of hydrogen-bond donors (Lipinski definition) is 0. The molecular weight excluding hydrogens is 407 g/mol. The first kappa shape index (κ1) is 22.2. The highest BCUT2D eigenvalue weighted by atomic mass is 32.2. The van der Waals surface area contributed by atoms with Crippen molar-refractivity contribution in [2.45, 2.75) is 25.2 Å². The fraction of sp³-hybridized carbons (Fsp3) is 0.409. The van der Waals surface area contributed by atoms with Crippen molar-refractivity contribution in [1.29, 1.82) is 0 Å². The Hall–Kier alpha value is -2.45. The number of benzene rings is 2. The molecule has 0 unspecified atom stereocenters. The summed E-state index contributed by atoms with van der Waals surface area (Å²) < 4.78 is 45.9. The quantitative estimate of drug-likeness (QED) is 0.699. The monoisotopic (exact) mass is 434 g/mol. The van der Waals surface area contributed by atoms with Crippen LogP contribution >= 0.6 is 0 Å². The molecule has 2 aromatic carbocycles.